The molecule has 1 aliphatic carbocycles. The number of imide groups is 2. The third-order valence-corrected chi connectivity index (χ3v) is 7.28. The van der Waals surface area contributed by atoms with Gasteiger partial charge in [0.2, 0.25) is 0 Å². The predicted molar refractivity (Wildman–Crippen MR) is 189 cm³/mol. The number of hydrogen-bond acceptors (Lipinski definition) is 10. The average Bonchev–Trinajstić information content (AvgIpc) is 3.39. The summed E-state index contributed by atoms with van der Waals surface area (Å²) in [7, 11) is 0. The number of benzene rings is 2. The van der Waals surface area contributed by atoms with Gasteiger partial charge in [-0.05, 0) is 117 Å². The monoisotopic (exact) mass is 704 g/mol. The molecule has 4 rings (SSSR count). The van der Waals surface area contributed by atoms with E-state index in [9.17, 15) is 24.0 Å². The molecular formula is C38H45FN4O8. The Morgan fingerprint density at radius 2 is 1.25 bits per heavy atom. The number of ether oxygens (including phenoxy) is 3. The van der Waals surface area contributed by atoms with Gasteiger partial charge in [-0.1, -0.05) is 24.3 Å². The first-order valence-electron chi connectivity index (χ1n) is 16.5. The summed E-state index contributed by atoms with van der Waals surface area (Å²) in [6.07, 6.45) is -2.50. The van der Waals surface area contributed by atoms with Crippen molar-refractivity contribution in [3.63, 3.8) is 0 Å². The molecule has 0 bridgehead atoms. The largest absolute Gasteiger partial charge is 0.443 e. The van der Waals surface area contributed by atoms with Gasteiger partial charge in [-0.3, -0.25) is 9.59 Å². The SMILES string of the molecule is CC(=O)c1ccc(F)c(Nc2cc(N(C(=O)OC(C)(C)C)C(=O)OC(C)(C)C)cc(C(=O)N(C(=O)OC(C)(C)C)C3Cc4ccccc4C3)n2)c1. The van der Waals surface area contributed by atoms with Gasteiger partial charge in [0.1, 0.15) is 34.1 Å². The van der Waals surface area contributed by atoms with Crippen LogP contribution in [0.3, 0.4) is 0 Å². The number of amides is 4. The Bertz CT molecular complexity index is 1800. The average molecular weight is 705 g/mol. The van der Waals surface area contributed by atoms with Crippen molar-refractivity contribution in [1.82, 2.24) is 9.88 Å². The molecule has 1 aliphatic rings. The molecule has 1 N–H and O–H groups in total. The number of Topliss-reactive ketones (excluding diaryl/α,β-unsaturated/α-hetero) is 1. The van der Waals surface area contributed by atoms with E-state index in [-0.39, 0.29) is 28.5 Å². The lowest BCUT2D eigenvalue weighted by molar-refractivity contribution is 0.0168. The zero-order valence-electron chi connectivity index (χ0n) is 30.7. The van der Waals surface area contributed by atoms with Crippen LogP contribution in [0.1, 0.15) is 101 Å². The van der Waals surface area contributed by atoms with Gasteiger partial charge in [-0.25, -0.2) is 28.7 Å². The number of pyridine rings is 1. The van der Waals surface area contributed by atoms with E-state index in [4.69, 9.17) is 14.2 Å². The fourth-order valence-corrected chi connectivity index (χ4v) is 5.25. The lowest BCUT2D eigenvalue weighted by Crippen LogP contribution is -2.48. The van der Waals surface area contributed by atoms with Crippen LogP contribution < -0.4 is 10.2 Å². The predicted octanol–water partition coefficient (Wildman–Crippen LogP) is 8.39. The summed E-state index contributed by atoms with van der Waals surface area (Å²) in [5.41, 5.74) is -1.78. The summed E-state index contributed by atoms with van der Waals surface area (Å²) < 4.78 is 31.9. The second-order valence-corrected chi connectivity index (χ2v) is 15.3. The molecule has 0 saturated heterocycles. The zero-order chi connectivity index (χ0) is 38.1. The topological polar surface area (TPSA) is 144 Å². The number of halogens is 1. The van der Waals surface area contributed by atoms with E-state index in [1.807, 2.05) is 24.3 Å². The molecule has 51 heavy (non-hydrogen) atoms. The molecule has 0 radical (unpaired) electrons. The van der Waals surface area contributed by atoms with Crippen molar-refractivity contribution in [2.75, 3.05) is 10.2 Å². The maximum atomic E-state index is 15.1. The highest BCUT2D eigenvalue weighted by molar-refractivity contribution is 6.11. The van der Waals surface area contributed by atoms with Gasteiger partial charge in [-0.2, -0.15) is 4.90 Å². The van der Waals surface area contributed by atoms with E-state index < -0.39 is 58.5 Å². The van der Waals surface area contributed by atoms with Crippen LogP contribution in [0.2, 0.25) is 0 Å². The minimum atomic E-state index is -1.13. The zero-order valence-corrected chi connectivity index (χ0v) is 30.7. The van der Waals surface area contributed by atoms with Crippen molar-refractivity contribution in [2.45, 2.75) is 105 Å². The summed E-state index contributed by atoms with van der Waals surface area (Å²) in [4.78, 5) is 73.7. The number of rotatable bonds is 6. The lowest BCUT2D eigenvalue weighted by atomic mass is 10.1. The highest BCUT2D eigenvalue weighted by Crippen LogP contribution is 2.31. The van der Waals surface area contributed by atoms with Crippen LogP contribution >= 0.6 is 0 Å². The van der Waals surface area contributed by atoms with E-state index in [0.717, 1.165) is 28.2 Å². The second kappa shape index (κ2) is 14.5. The molecule has 4 amide bonds. The second-order valence-electron chi connectivity index (χ2n) is 15.3. The third-order valence-electron chi connectivity index (χ3n) is 7.28. The summed E-state index contributed by atoms with van der Waals surface area (Å²) in [6.45, 7) is 16.0. The molecule has 0 saturated carbocycles. The van der Waals surface area contributed by atoms with Crippen LogP contribution in [-0.4, -0.2) is 62.7 Å². The minimum Gasteiger partial charge on any atom is -0.443 e. The molecule has 0 fully saturated rings. The number of carbonyl (C=O) groups excluding carboxylic acids is 5. The Morgan fingerprint density at radius 1 is 0.745 bits per heavy atom. The molecule has 13 heteroatoms. The van der Waals surface area contributed by atoms with Crippen molar-refractivity contribution in [3.05, 3.63) is 82.8 Å². The number of carbonyl (C=O) groups is 5. The summed E-state index contributed by atoms with van der Waals surface area (Å²) in [5.74, 6) is -2.19. The maximum Gasteiger partial charge on any atom is 0.424 e. The Hall–Kier alpha value is -5.33. The van der Waals surface area contributed by atoms with Gasteiger partial charge >= 0.3 is 18.3 Å². The van der Waals surface area contributed by atoms with Gasteiger partial charge in [0.05, 0.1) is 17.4 Å². The van der Waals surface area contributed by atoms with Crippen molar-refractivity contribution >= 4 is 47.2 Å². The number of ketones is 1. The number of aromatic nitrogens is 1. The Labute approximate surface area is 297 Å². The molecule has 0 atom stereocenters. The first-order chi connectivity index (χ1) is 23.5. The molecule has 0 unspecified atom stereocenters. The van der Waals surface area contributed by atoms with Crippen molar-refractivity contribution < 1.29 is 42.6 Å². The molecule has 1 aromatic heterocycles. The van der Waals surface area contributed by atoms with Gasteiger partial charge in [-0.15, -0.1) is 0 Å². The fourth-order valence-electron chi connectivity index (χ4n) is 5.25. The lowest BCUT2D eigenvalue weighted by Gasteiger charge is -2.31. The van der Waals surface area contributed by atoms with Gasteiger partial charge in [0.25, 0.3) is 5.91 Å². The Morgan fingerprint density at radius 3 is 1.75 bits per heavy atom. The standard InChI is InChI=1S/C38H45FN4O8/c1-22(44)23-15-16-28(39)29(19-23)40-31-21-27(43(34(47)50-37(5,6)7)35(48)51-38(8,9)10)20-30(41-31)32(45)42(33(46)49-36(2,3)4)26-17-24-13-11-12-14-25(24)18-26/h11-16,19-21,26H,17-18H2,1-10H3,(H,40,41). The van der Waals surface area contributed by atoms with Crippen LogP contribution in [0.5, 0.6) is 0 Å². The summed E-state index contributed by atoms with van der Waals surface area (Å²) >= 11 is 0. The number of fused-ring (bicyclic) bond motifs is 1. The van der Waals surface area contributed by atoms with Gasteiger partial charge in [0, 0.05) is 11.6 Å². The fraction of sp³-hybridized carbons (Fsp3) is 0.421. The van der Waals surface area contributed by atoms with Crippen molar-refractivity contribution in [2.24, 2.45) is 0 Å². The molecule has 2 aromatic carbocycles. The number of nitrogens with zero attached hydrogens (tertiary/aromatic N) is 3. The van der Waals surface area contributed by atoms with E-state index in [0.29, 0.717) is 17.7 Å². The number of anilines is 3. The normalized spacial score (nSPS) is 13.2. The number of hydrogen-bond donors (Lipinski definition) is 1. The Kier molecular flexibility index (Phi) is 10.9. The third kappa shape index (κ3) is 10.1. The summed E-state index contributed by atoms with van der Waals surface area (Å²) in [5, 5.41) is 2.77. The Balaban J connectivity index is 1.91. The molecule has 12 nitrogen and oxygen atoms in total. The summed E-state index contributed by atoms with van der Waals surface area (Å²) in [6, 6.07) is 12.9. The smallest absolute Gasteiger partial charge is 0.424 e. The van der Waals surface area contributed by atoms with Gasteiger partial charge < -0.3 is 19.5 Å². The highest BCUT2D eigenvalue weighted by atomic mass is 19.1. The molecule has 3 aromatic rings. The quantitative estimate of drug-likeness (QED) is 0.196. The van der Waals surface area contributed by atoms with E-state index in [1.54, 1.807) is 62.3 Å². The van der Waals surface area contributed by atoms with Crippen molar-refractivity contribution in [1.29, 1.82) is 0 Å². The molecule has 0 spiro atoms. The molecular weight excluding hydrogens is 659 g/mol. The van der Waals surface area contributed by atoms with Crippen LogP contribution in [0, 0.1) is 5.82 Å². The van der Waals surface area contributed by atoms with Crippen LogP contribution in [0.25, 0.3) is 0 Å². The van der Waals surface area contributed by atoms with E-state index >= 15 is 4.39 Å². The van der Waals surface area contributed by atoms with Crippen molar-refractivity contribution in [3.8, 4) is 0 Å². The number of nitrogens with one attached hydrogen (secondary N) is 1. The van der Waals surface area contributed by atoms with E-state index in [2.05, 4.69) is 10.3 Å². The van der Waals surface area contributed by atoms with Gasteiger partial charge in [0.15, 0.2) is 5.78 Å². The first-order valence-corrected chi connectivity index (χ1v) is 16.5. The van der Waals surface area contributed by atoms with E-state index in [1.165, 1.54) is 25.1 Å². The molecule has 272 valence electrons. The molecule has 0 aliphatic heterocycles. The minimum absolute atomic E-state index is 0.179. The van der Waals surface area contributed by atoms with Crippen LogP contribution in [0.4, 0.5) is 36.0 Å². The first kappa shape index (κ1) is 38.5. The maximum absolute atomic E-state index is 15.1. The van der Waals surface area contributed by atoms with Crippen LogP contribution in [-0.2, 0) is 27.1 Å². The highest BCUT2D eigenvalue weighted by Gasteiger charge is 2.39. The van der Waals surface area contributed by atoms with Crippen LogP contribution in [0.15, 0.2) is 54.6 Å². The molecule has 1 heterocycles.